The highest BCUT2D eigenvalue weighted by molar-refractivity contribution is 5.94. The number of hydrogen-bond acceptors (Lipinski definition) is 4. The molecule has 0 atom stereocenters. The second kappa shape index (κ2) is 12.8. The second-order valence-corrected chi connectivity index (χ2v) is 9.45. The summed E-state index contributed by atoms with van der Waals surface area (Å²) in [5.74, 6) is -0.297. The zero-order valence-electron chi connectivity index (χ0n) is 22.0. The lowest BCUT2D eigenvalue weighted by Crippen LogP contribution is -2.50. The summed E-state index contributed by atoms with van der Waals surface area (Å²) in [5, 5.41) is 5.86. The maximum atomic E-state index is 12.7. The molecule has 2 N–H and O–H groups in total. The second-order valence-electron chi connectivity index (χ2n) is 9.45. The number of aryl methyl sites for hydroxylation is 1. The molecule has 1 aliphatic heterocycles. The number of amides is 4. The summed E-state index contributed by atoms with van der Waals surface area (Å²) in [6.07, 6.45) is 0.343. The number of hydrogen-bond donors (Lipinski definition) is 2. The van der Waals surface area contributed by atoms with Crippen LogP contribution in [0.4, 0.5) is 21.9 Å². The number of carbonyl (C=O) groups is 3. The maximum Gasteiger partial charge on any atom is 0.321 e. The van der Waals surface area contributed by atoms with Crippen LogP contribution in [0.2, 0.25) is 0 Å². The van der Waals surface area contributed by atoms with E-state index in [1.807, 2.05) is 90.7 Å². The highest BCUT2D eigenvalue weighted by Crippen LogP contribution is 2.20. The Morgan fingerprint density at radius 2 is 1.39 bits per heavy atom. The Morgan fingerprint density at radius 1 is 0.789 bits per heavy atom. The Kier molecular flexibility index (Phi) is 8.98. The molecule has 0 aliphatic carbocycles. The van der Waals surface area contributed by atoms with Gasteiger partial charge in [-0.2, -0.15) is 0 Å². The van der Waals surface area contributed by atoms with E-state index < -0.39 is 0 Å². The van der Waals surface area contributed by atoms with Crippen LogP contribution in [-0.2, 0) is 16.1 Å². The molecule has 1 saturated heterocycles. The topological polar surface area (TPSA) is 85.0 Å². The first-order chi connectivity index (χ1) is 18.4. The molecule has 1 heterocycles. The Hall–Kier alpha value is -4.33. The van der Waals surface area contributed by atoms with Crippen molar-refractivity contribution in [2.45, 2.75) is 26.8 Å². The number of piperazine rings is 1. The average Bonchev–Trinajstić information content (AvgIpc) is 2.94. The minimum absolute atomic E-state index is 0.00404. The fourth-order valence-electron chi connectivity index (χ4n) is 4.40. The summed E-state index contributed by atoms with van der Waals surface area (Å²) >= 11 is 0. The molecular formula is C30H35N5O3. The van der Waals surface area contributed by atoms with E-state index in [0.717, 1.165) is 35.6 Å². The molecule has 1 aliphatic rings. The summed E-state index contributed by atoms with van der Waals surface area (Å²) in [6, 6.07) is 25.0. The van der Waals surface area contributed by atoms with Crippen molar-refractivity contribution in [3.8, 4) is 0 Å². The summed E-state index contributed by atoms with van der Waals surface area (Å²) in [6.45, 7) is 6.90. The van der Waals surface area contributed by atoms with Crippen LogP contribution in [0.15, 0.2) is 78.9 Å². The molecule has 4 rings (SSSR count). The van der Waals surface area contributed by atoms with Crippen LogP contribution < -0.4 is 15.5 Å². The van der Waals surface area contributed by atoms with E-state index in [-0.39, 0.29) is 24.4 Å². The van der Waals surface area contributed by atoms with E-state index in [9.17, 15) is 14.4 Å². The predicted molar refractivity (Wildman–Crippen MR) is 151 cm³/mol. The van der Waals surface area contributed by atoms with Crippen molar-refractivity contribution in [1.29, 1.82) is 0 Å². The third kappa shape index (κ3) is 7.35. The highest BCUT2D eigenvalue weighted by Gasteiger charge is 2.22. The molecule has 0 bridgehead atoms. The quantitative estimate of drug-likeness (QED) is 0.456. The lowest BCUT2D eigenvalue weighted by molar-refractivity contribution is -0.135. The van der Waals surface area contributed by atoms with E-state index in [4.69, 9.17) is 0 Å². The number of benzene rings is 3. The number of urea groups is 1. The van der Waals surface area contributed by atoms with Crippen molar-refractivity contribution in [1.82, 2.24) is 9.80 Å². The van der Waals surface area contributed by atoms with Crippen molar-refractivity contribution in [2.24, 2.45) is 0 Å². The largest absolute Gasteiger partial charge is 0.368 e. The molecule has 38 heavy (non-hydrogen) atoms. The molecule has 1 fully saturated rings. The molecular weight excluding hydrogens is 478 g/mol. The van der Waals surface area contributed by atoms with Gasteiger partial charge in [0.15, 0.2) is 0 Å². The van der Waals surface area contributed by atoms with Gasteiger partial charge in [0.05, 0.1) is 0 Å². The molecule has 0 saturated carbocycles. The predicted octanol–water partition coefficient (Wildman–Crippen LogP) is 4.73. The molecule has 8 heteroatoms. The minimum Gasteiger partial charge on any atom is -0.368 e. The van der Waals surface area contributed by atoms with Crippen molar-refractivity contribution in [2.75, 3.05) is 48.3 Å². The van der Waals surface area contributed by atoms with Crippen LogP contribution in [-0.4, -0.2) is 60.4 Å². The summed E-state index contributed by atoms with van der Waals surface area (Å²) < 4.78 is 0. The first-order valence-electron chi connectivity index (χ1n) is 13.0. The lowest BCUT2D eigenvalue weighted by Gasteiger charge is -2.36. The lowest BCUT2D eigenvalue weighted by atomic mass is 10.2. The van der Waals surface area contributed by atoms with Gasteiger partial charge in [-0.3, -0.25) is 9.59 Å². The van der Waals surface area contributed by atoms with Crippen molar-refractivity contribution < 1.29 is 14.4 Å². The van der Waals surface area contributed by atoms with Crippen LogP contribution in [0.25, 0.3) is 0 Å². The van der Waals surface area contributed by atoms with Gasteiger partial charge in [-0.1, -0.05) is 55.0 Å². The molecule has 198 valence electrons. The number of nitrogens with zero attached hydrogens (tertiary/aromatic N) is 3. The van der Waals surface area contributed by atoms with E-state index in [0.29, 0.717) is 31.7 Å². The van der Waals surface area contributed by atoms with E-state index in [1.165, 1.54) is 0 Å². The fraction of sp³-hybridized carbons (Fsp3) is 0.300. The maximum absolute atomic E-state index is 12.7. The van der Waals surface area contributed by atoms with Gasteiger partial charge >= 0.3 is 6.03 Å². The monoisotopic (exact) mass is 513 g/mol. The van der Waals surface area contributed by atoms with Gasteiger partial charge in [-0.05, 0) is 48.9 Å². The molecule has 0 unspecified atom stereocenters. The normalized spacial score (nSPS) is 13.1. The number of anilines is 3. The Bertz CT molecular complexity index is 1220. The van der Waals surface area contributed by atoms with Gasteiger partial charge in [0.1, 0.15) is 6.54 Å². The van der Waals surface area contributed by atoms with Gasteiger partial charge < -0.3 is 25.3 Å². The van der Waals surface area contributed by atoms with Gasteiger partial charge in [0.2, 0.25) is 11.8 Å². The first-order valence-corrected chi connectivity index (χ1v) is 13.0. The third-order valence-corrected chi connectivity index (χ3v) is 6.59. The zero-order valence-corrected chi connectivity index (χ0v) is 22.0. The minimum atomic E-state index is -0.233. The molecule has 3 aromatic carbocycles. The van der Waals surface area contributed by atoms with Crippen molar-refractivity contribution >= 4 is 34.9 Å². The van der Waals surface area contributed by atoms with Crippen LogP contribution in [0.3, 0.4) is 0 Å². The molecule has 8 nitrogen and oxygen atoms in total. The van der Waals surface area contributed by atoms with Gasteiger partial charge in [0.25, 0.3) is 0 Å². The van der Waals surface area contributed by atoms with E-state index in [1.54, 1.807) is 11.8 Å². The smallest absolute Gasteiger partial charge is 0.321 e. The van der Waals surface area contributed by atoms with Gasteiger partial charge in [-0.25, -0.2) is 4.79 Å². The molecule has 3 aromatic rings. The zero-order chi connectivity index (χ0) is 26.9. The highest BCUT2D eigenvalue weighted by atomic mass is 16.2. The summed E-state index contributed by atoms with van der Waals surface area (Å²) in [7, 11) is 0. The van der Waals surface area contributed by atoms with Crippen LogP contribution in [0, 0.1) is 6.92 Å². The fourth-order valence-corrected chi connectivity index (χ4v) is 4.40. The molecule has 4 amide bonds. The van der Waals surface area contributed by atoms with Crippen LogP contribution >= 0.6 is 0 Å². The molecule has 0 radical (unpaired) electrons. The van der Waals surface area contributed by atoms with Crippen LogP contribution in [0.1, 0.15) is 24.5 Å². The summed E-state index contributed by atoms with van der Waals surface area (Å²) in [5.41, 5.74) is 4.65. The van der Waals surface area contributed by atoms with E-state index >= 15 is 0 Å². The number of nitrogens with one attached hydrogen (secondary N) is 2. The molecule has 0 aromatic heterocycles. The Labute approximate surface area is 224 Å². The van der Waals surface area contributed by atoms with Crippen molar-refractivity contribution in [3.05, 3.63) is 90.0 Å². The molecule has 0 spiro atoms. The number of carbonyl (C=O) groups excluding carboxylic acids is 3. The van der Waals surface area contributed by atoms with Crippen molar-refractivity contribution in [3.63, 3.8) is 0 Å². The average molecular weight is 514 g/mol. The third-order valence-electron chi connectivity index (χ3n) is 6.59. The van der Waals surface area contributed by atoms with Crippen LogP contribution in [0.5, 0.6) is 0 Å². The standard InChI is InChI=1S/C30H35N5O3/c1-3-29(37)35(21-24-7-5-4-6-8-24)22-28(36)31-25-13-15-27(16-14-25)33-17-19-34(20-18-33)30(38)32-26-11-9-23(2)10-12-26/h4-16H,3,17-22H2,1-2H3,(H,31,36)(H,32,38). The van der Waals surface area contributed by atoms with Gasteiger partial charge in [0, 0.05) is 56.2 Å². The Morgan fingerprint density at radius 3 is 2.03 bits per heavy atom. The number of rotatable bonds is 8. The van der Waals surface area contributed by atoms with E-state index in [2.05, 4.69) is 15.5 Å². The Balaban J connectivity index is 1.26. The van der Waals surface area contributed by atoms with Gasteiger partial charge in [-0.15, -0.1) is 0 Å². The summed E-state index contributed by atoms with van der Waals surface area (Å²) in [4.78, 5) is 43.4. The SMILES string of the molecule is CCC(=O)N(CC(=O)Nc1ccc(N2CCN(C(=O)Nc3ccc(C)cc3)CC2)cc1)Cc1ccccc1. The first kappa shape index (κ1) is 26.7.